The average Bonchev–Trinajstić information content (AvgIpc) is 3.25. The van der Waals surface area contributed by atoms with Gasteiger partial charge in [-0.2, -0.15) is 0 Å². The van der Waals surface area contributed by atoms with E-state index in [1.165, 1.54) is 0 Å². The molecule has 134 valence electrons. The number of carbonyl (C=O) groups is 4. The minimum absolute atomic E-state index is 0.189. The zero-order valence-electron chi connectivity index (χ0n) is 13.9. The average molecular weight is 354 g/mol. The highest BCUT2D eigenvalue weighted by Gasteiger charge is 2.82. The van der Waals surface area contributed by atoms with Crippen LogP contribution < -0.4 is 0 Å². The second-order valence-electron chi connectivity index (χ2n) is 10.2. The molecule has 0 N–H and O–H groups in total. The highest BCUT2D eigenvalue weighted by Crippen LogP contribution is 2.82. The Morgan fingerprint density at radius 2 is 0.731 bits per heavy atom. The summed E-state index contributed by atoms with van der Waals surface area (Å²) in [4.78, 5) is 48.5. The molecule has 12 unspecified atom stereocenters. The van der Waals surface area contributed by atoms with E-state index in [1.54, 1.807) is 0 Å². The first-order chi connectivity index (χ1) is 12.6. The molecular weight excluding hydrogens is 336 g/mol. The first kappa shape index (κ1) is 13.4. The van der Waals surface area contributed by atoms with Gasteiger partial charge in [-0.3, -0.25) is 19.2 Å². The van der Waals surface area contributed by atoms with Crippen LogP contribution in [0.5, 0.6) is 0 Å². The number of ether oxygens (including phenoxy) is 2. The van der Waals surface area contributed by atoms with Gasteiger partial charge in [0.25, 0.3) is 0 Å². The van der Waals surface area contributed by atoms with E-state index in [1.807, 2.05) is 0 Å². The van der Waals surface area contributed by atoms with Crippen LogP contribution in [-0.4, -0.2) is 23.9 Å². The first-order valence-electron chi connectivity index (χ1n) is 10.1. The van der Waals surface area contributed by atoms with Crippen LogP contribution in [0.1, 0.15) is 12.8 Å². The SMILES string of the molecule is O=C1OC(=O)C2C1C1C3CC(C4C5CC(C34)C3C4C(=O)OC(=O)C4C53)C21. The molecule has 4 bridgehead atoms. The van der Waals surface area contributed by atoms with Gasteiger partial charge in [-0.1, -0.05) is 0 Å². The van der Waals surface area contributed by atoms with Crippen LogP contribution in [0, 0.1) is 82.9 Å². The van der Waals surface area contributed by atoms with Crippen LogP contribution in [-0.2, 0) is 28.7 Å². The Labute approximate surface area is 148 Å². The molecule has 0 radical (unpaired) electrons. The molecule has 2 saturated heterocycles. The molecule has 2 heterocycles. The van der Waals surface area contributed by atoms with Crippen molar-refractivity contribution < 1.29 is 28.7 Å². The standard InChI is InChI=1S/C20H18O6/c21-17-13-9-3-1-4(10(9)14(13)18(22)25-17)8-6-2-5(7(3)8)11-12(6)16-15(11)19(23)26-20(16)24/h3-16H,1-2H2. The Hall–Kier alpha value is -1.72. The van der Waals surface area contributed by atoms with Crippen LogP contribution in [0.3, 0.4) is 0 Å². The summed E-state index contributed by atoms with van der Waals surface area (Å²) in [6, 6.07) is 0. The number of cyclic esters (lactones) is 4. The molecular formula is C20H18O6. The highest BCUT2D eigenvalue weighted by atomic mass is 16.6. The summed E-state index contributed by atoms with van der Waals surface area (Å²) in [5.41, 5.74) is 0. The van der Waals surface area contributed by atoms with Crippen molar-refractivity contribution in [2.24, 2.45) is 82.9 Å². The topological polar surface area (TPSA) is 86.7 Å². The summed E-state index contributed by atoms with van der Waals surface area (Å²) < 4.78 is 9.92. The molecule has 6 aliphatic carbocycles. The summed E-state index contributed by atoms with van der Waals surface area (Å²) in [5, 5.41) is 0. The van der Waals surface area contributed by atoms with E-state index in [4.69, 9.17) is 9.47 Å². The lowest BCUT2D eigenvalue weighted by atomic mass is 9.42. The second kappa shape index (κ2) is 3.65. The van der Waals surface area contributed by atoms with Crippen molar-refractivity contribution in [1.29, 1.82) is 0 Å². The summed E-state index contributed by atoms with van der Waals surface area (Å²) >= 11 is 0. The minimum Gasteiger partial charge on any atom is -0.393 e. The molecule has 0 spiro atoms. The van der Waals surface area contributed by atoms with Crippen molar-refractivity contribution in [3.8, 4) is 0 Å². The quantitative estimate of drug-likeness (QED) is 0.360. The fourth-order valence-electron chi connectivity index (χ4n) is 10.2. The van der Waals surface area contributed by atoms with E-state index in [0.29, 0.717) is 59.2 Å². The maximum absolute atomic E-state index is 12.1. The van der Waals surface area contributed by atoms with Crippen LogP contribution >= 0.6 is 0 Å². The van der Waals surface area contributed by atoms with Gasteiger partial charge >= 0.3 is 23.9 Å². The summed E-state index contributed by atoms with van der Waals surface area (Å²) in [5.74, 6) is 2.61. The van der Waals surface area contributed by atoms with E-state index in [0.717, 1.165) is 12.8 Å². The third kappa shape index (κ3) is 1.04. The highest BCUT2D eigenvalue weighted by molar-refractivity contribution is 5.99. The fraction of sp³-hybridized carbons (Fsp3) is 0.800. The molecule has 2 aliphatic heterocycles. The molecule has 0 aromatic rings. The summed E-state index contributed by atoms with van der Waals surface area (Å²) in [6.45, 7) is 0. The predicted molar refractivity (Wildman–Crippen MR) is 80.3 cm³/mol. The smallest absolute Gasteiger partial charge is 0.317 e. The maximum atomic E-state index is 12.1. The molecule has 6 heteroatoms. The van der Waals surface area contributed by atoms with Crippen molar-refractivity contribution in [3.63, 3.8) is 0 Å². The lowest BCUT2D eigenvalue weighted by molar-refractivity contribution is -0.169. The molecule has 12 atom stereocenters. The summed E-state index contributed by atoms with van der Waals surface area (Å²) in [6.07, 6.45) is 2.27. The fourth-order valence-corrected chi connectivity index (χ4v) is 10.2. The third-order valence-electron chi connectivity index (χ3n) is 10.3. The third-order valence-corrected chi connectivity index (χ3v) is 10.3. The van der Waals surface area contributed by atoms with Gasteiger partial charge in [0.05, 0.1) is 23.7 Å². The Morgan fingerprint density at radius 1 is 0.462 bits per heavy atom. The molecule has 6 nitrogen and oxygen atoms in total. The van der Waals surface area contributed by atoms with E-state index >= 15 is 0 Å². The van der Waals surface area contributed by atoms with Gasteiger partial charge in [0.15, 0.2) is 0 Å². The van der Waals surface area contributed by atoms with E-state index in [2.05, 4.69) is 0 Å². The zero-order valence-corrected chi connectivity index (χ0v) is 13.9. The minimum atomic E-state index is -0.292. The molecule has 8 aliphatic rings. The molecule has 6 saturated carbocycles. The normalized spacial score (nSPS) is 67.1. The van der Waals surface area contributed by atoms with Gasteiger partial charge in [0, 0.05) is 0 Å². The van der Waals surface area contributed by atoms with Crippen LogP contribution in [0.25, 0.3) is 0 Å². The van der Waals surface area contributed by atoms with Gasteiger partial charge < -0.3 is 9.47 Å². The molecule has 0 aromatic carbocycles. The number of hydrogen-bond donors (Lipinski definition) is 0. The van der Waals surface area contributed by atoms with E-state index < -0.39 is 0 Å². The van der Waals surface area contributed by atoms with E-state index in [-0.39, 0.29) is 47.5 Å². The Kier molecular flexibility index (Phi) is 1.89. The van der Waals surface area contributed by atoms with Crippen molar-refractivity contribution >= 4 is 23.9 Å². The monoisotopic (exact) mass is 354 g/mol. The summed E-state index contributed by atoms with van der Waals surface area (Å²) in [7, 11) is 0. The number of rotatable bonds is 0. The second-order valence-corrected chi connectivity index (χ2v) is 10.2. The van der Waals surface area contributed by atoms with Gasteiger partial charge in [0.2, 0.25) is 0 Å². The van der Waals surface area contributed by atoms with Crippen molar-refractivity contribution in [2.75, 3.05) is 0 Å². The lowest BCUT2D eigenvalue weighted by Crippen LogP contribution is -2.61. The molecule has 0 amide bonds. The van der Waals surface area contributed by atoms with Crippen molar-refractivity contribution in [3.05, 3.63) is 0 Å². The number of esters is 4. The Balaban J connectivity index is 1.20. The maximum Gasteiger partial charge on any atom is 0.317 e. The molecule has 0 aromatic heterocycles. The molecule has 26 heavy (non-hydrogen) atoms. The number of carbonyl (C=O) groups excluding carboxylic acids is 4. The zero-order chi connectivity index (χ0) is 17.2. The Bertz CT molecular complexity index is 728. The number of hydrogen-bond acceptors (Lipinski definition) is 6. The van der Waals surface area contributed by atoms with Crippen LogP contribution in [0.15, 0.2) is 0 Å². The van der Waals surface area contributed by atoms with Gasteiger partial charge in [-0.25, -0.2) is 0 Å². The van der Waals surface area contributed by atoms with Crippen LogP contribution in [0.2, 0.25) is 0 Å². The van der Waals surface area contributed by atoms with Crippen LogP contribution in [0.4, 0.5) is 0 Å². The van der Waals surface area contributed by atoms with Crippen molar-refractivity contribution in [2.45, 2.75) is 12.8 Å². The lowest BCUT2D eigenvalue weighted by Gasteiger charge is -2.58. The van der Waals surface area contributed by atoms with Crippen molar-refractivity contribution in [1.82, 2.24) is 0 Å². The predicted octanol–water partition coefficient (Wildman–Crippen LogP) is 0.642. The van der Waals surface area contributed by atoms with Gasteiger partial charge in [0.1, 0.15) is 0 Å². The first-order valence-corrected chi connectivity index (χ1v) is 10.1. The molecule has 8 fully saturated rings. The number of fused-ring (bicyclic) bond motifs is 21. The van der Waals surface area contributed by atoms with Gasteiger partial charge in [-0.15, -0.1) is 0 Å². The van der Waals surface area contributed by atoms with E-state index in [9.17, 15) is 19.2 Å². The largest absolute Gasteiger partial charge is 0.393 e. The van der Waals surface area contributed by atoms with Gasteiger partial charge in [-0.05, 0) is 72.0 Å². The molecule has 8 rings (SSSR count). The Morgan fingerprint density at radius 3 is 1.00 bits per heavy atom.